The molecule has 0 aliphatic carbocycles. The third kappa shape index (κ3) is 3.20. The SMILES string of the molecule is CN(Cc1csc(Br)c1)c1ncc(Br)cc1N. The number of pyridine rings is 1. The first-order chi connectivity index (χ1) is 8.06. The lowest BCUT2D eigenvalue weighted by Crippen LogP contribution is -2.18. The molecule has 2 heterocycles. The molecule has 0 amide bonds. The molecule has 0 spiro atoms. The summed E-state index contributed by atoms with van der Waals surface area (Å²) in [5.74, 6) is 0.801. The number of hydrogen-bond acceptors (Lipinski definition) is 4. The second kappa shape index (κ2) is 5.37. The highest BCUT2D eigenvalue weighted by atomic mass is 79.9. The maximum atomic E-state index is 5.94. The first kappa shape index (κ1) is 12.9. The quantitative estimate of drug-likeness (QED) is 0.883. The number of aromatic nitrogens is 1. The molecule has 6 heteroatoms. The van der Waals surface area contributed by atoms with Gasteiger partial charge < -0.3 is 10.6 Å². The highest BCUT2D eigenvalue weighted by Gasteiger charge is 2.09. The molecule has 3 nitrogen and oxygen atoms in total. The van der Waals surface area contributed by atoms with Crippen LogP contribution in [0, 0.1) is 0 Å². The monoisotopic (exact) mass is 375 g/mol. The van der Waals surface area contributed by atoms with Gasteiger partial charge in [0.2, 0.25) is 0 Å². The second-order valence-corrected chi connectivity index (χ2v) is 6.89. The van der Waals surface area contributed by atoms with Crippen molar-refractivity contribution in [1.82, 2.24) is 4.98 Å². The minimum Gasteiger partial charge on any atom is -0.396 e. The van der Waals surface area contributed by atoms with Crippen LogP contribution in [-0.4, -0.2) is 12.0 Å². The second-order valence-electron chi connectivity index (χ2n) is 3.68. The lowest BCUT2D eigenvalue weighted by molar-refractivity contribution is 0.903. The van der Waals surface area contributed by atoms with Crippen LogP contribution in [0.25, 0.3) is 0 Å². The van der Waals surface area contributed by atoms with E-state index in [1.54, 1.807) is 17.5 Å². The number of nitrogens with two attached hydrogens (primary N) is 1. The molecule has 90 valence electrons. The van der Waals surface area contributed by atoms with Gasteiger partial charge in [0.15, 0.2) is 5.82 Å². The van der Waals surface area contributed by atoms with E-state index in [0.717, 1.165) is 20.6 Å². The van der Waals surface area contributed by atoms with E-state index >= 15 is 0 Å². The van der Waals surface area contributed by atoms with Crippen molar-refractivity contribution in [2.24, 2.45) is 0 Å². The van der Waals surface area contributed by atoms with Crippen LogP contribution < -0.4 is 10.6 Å². The van der Waals surface area contributed by atoms with Gasteiger partial charge in [0, 0.05) is 24.3 Å². The van der Waals surface area contributed by atoms with Gasteiger partial charge in [-0.25, -0.2) is 4.98 Å². The standard InChI is InChI=1S/C11H11Br2N3S/c1-16(5-7-2-10(13)17-6-7)11-9(14)3-8(12)4-15-11/h2-4,6H,5,14H2,1H3. The summed E-state index contributed by atoms with van der Waals surface area (Å²) in [5.41, 5.74) is 7.86. The van der Waals surface area contributed by atoms with E-state index in [-0.39, 0.29) is 0 Å². The van der Waals surface area contributed by atoms with E-state index in [0.29, 0.717) is 5.69 Å². The van der Waals surface area contributed by atoms with Crippen LogP contribution in [0.1, 0.15) is 5.56 Å². The molecule has 2 aromatic rings. The molecule has 0 radical (unpaired) electrons. The summed E-state index contributed by atoms with van der Waals surface area (Å²) in [6.45, 7) is 0.793. The zero-order valence-corrected chi connectivity index (χ0v) is 13.1. The maximum Gasteiger partial charge on any atom is 0.151 e. The molecule has 0 atom stereocenters. The number of halogens is 2. The van der Waals surface area contributed by atoms with Crippen LogP contribution in [0.4, 0.5) is 11.5 Å². The number of nitrogens with zero attached hydrogens (tertiary/aromatic N) is 2. The Labute approximate surface area is 121 Å². The largest absolute Gasteiger partial charge is 0.396 e. The van der Waals surface area contributed by atoms with Crippen LogP contribution in [0.15, 0.2) is 32.0 Å². The Kier molecular flexibility index (Phi) is 4.06. The van der Waals surface area contributed by atoms with Crippen molar-refractivity contribution >= 4 is 54.7 Å². The molecular formula is C11H11Br2N3S. The normalized spacial score (nSPS) is 10.5. The molecule has 2 aromatic heterocycles. The van der Waals surface area contributed by atoms with Crippen molar-refractivity contribution in [2.75, 3.05) is 17.7 Å². The lowest BCUT2D eigenvalue weighted by atomic mass is 10.3. The van der Waals surface area contributed by atoms with Crippen LogP contribution >= 0.6 is 43.2 Å². The first-order valence-corrected chi connectivity index (χ1v) is 7.38. The van der Waals surface area contributed by atoms with E-state index in [2.05, 4.69) is 48.3 Å². The highest BCUT2D eigenvalue weighted by molar-refractivity contribution is 9.11. The molecule has 2 rings (SSSR count). The molecule has 0 aromatic carbocycles. The summed E-state index contributed by atoms with van der Waals surface area (Å²) >= 11 is 8.48. The van der Waals surface area contributed by atoms with Crippen LogP contribution in [0.5, 0.6) is 0 Å². The van der Waals surface area contributed by atoms with Crippen molar-refractivity contribution in [1.29, 1.82) is 0 Å². The Bertz CT molecular complexity index is 527. The predicted octanol–water partition coefficient (Wildman–Crippen LogP) is 3.89. The van der Waals surface area contributed by atoms with Gasteiger partial charge in [0.1, 0.15) is 0 Å². The molecule has 2 N–H and O–H groups in total. The van der Waals surface area contributed by atoms with Gasteiger partial charge in [-0.05, 0) is 54.9 Å². The van der Waals surface area contributed by atoms with Crippen LogP contribution in [0.3, 0.4) is 0 Å². The maximum absolute atomic E-state index is 5.94. The third-order valence-electron chi connectivity index (χ3n) is 2.26. The van der Waals surface area contributed by atoms with E-state index in [9.17, 15) is 0 Å². The van der Waals surface area contributed by atoms with Gasteiger partial charge in [0.25, 0.3) is 0 Å². The van der Waals surface area contributed by atoms with Gasteiger partial charge >= 0.3 is 0 Å². The zero-order valence-electron chi connectivity index (χ0n) is 9.15. The number of nitrogen functional groups attached to an aromatic ring is 1. The van der Waals surface area contributed by atoms with Crippen molar-refractivity contribution in [3.8, 4) is 0 Å². The van der Waals surface area contributed by atoms with Crippen molar-refractivity contribution in [3.63, 3.8) is 0 Å². The number of hydrogen-bond donors (Lipinski definition) is 1. The Morgan fingerprint density at radius 1 is 1.41 bits per heavy atom. The van der Waals surface area contributed by atoms with Crippen LogP contribution in [-0.2, 0) is 6.54 Å². The summed E-state index contributed by atoms with van der Waals surface area (Å²) in [4.78, 5) is 6.36. The number of anilines is 2. The average Bonchev–Trinajstić information content (AvgIpc) is 2.63. The Balaban J connectivity index is 2.17. The Morgan fingerprint density at radius 3 is 2.76 bits per heavy atom. The molecular weight excluding hydrogens is 366 g/mol. The molecule has 17 heavy (non-hydrogen) atoms. The molecule has 0 saturated carbocycles. The third-order valence-corrected chi connectivity index (χ3v) is 4.25. The zero-order chi connectivity index (χ0) is 12.4. The van der Waals surface area contributed by atoms with Gasteiger partial charge in [-0.15, -0.1) is 11.3 Å². The van der Waals surface area contributed by atoms with Gasteiger partial charge in [-0.2, -0.15) is 0 Å². The van der Waals surface area contributed by atoms with Crippen molar-refractivity contribution in [3.05, 3.63) is 37.5 Å². The van der Waals surface area contributed by atoms with E-state index in [1.165, 1.54) is 5.56 Å². The average molecular weight is 377 g/mol. The molecule has 0 aliphatic rings. The van der Waals surface area contributed by atoms with E-state index < -0.39 is 0 Å². The fraction of sp³-hybridized carbons (Fsp3) is 0.182. The van der Waals surface area contributed by atoms with Crippen molar-refractivity contribution in [2.45, 2.75) is 6.54 Å². The molecule has 0 aliphatic heterocycles. The highest BCUT2D eigenvalue weighted by Crippen LogP contribution is 2.26. The number of thiophene rings is 1. The molecule has 0 fully saturated rings. The summed E-state index contributed by atoms with van der Waals surface area (Å²) in [5, 5.41) is 2.12. The predicted molar refractivity (Wildman–Crippen MR) is 80.5 cm³/mol. The lowest BCUT2D eigenvalue weighted by Gasteiger charge is -2.19. The minimum atomic E-state index is 0.677. The van der Waals surface area contributed by atoms with Gasteiger partial charge in [-0.3, -0.25) is 0 Å². The number of rotatable bonds is 3. The fourth-order valence-electron chi connectivity index (χ4n) is 1.54. The molecule has 0 unspecified atom stereocenters. The summed E-state index contributed by atoms with van der Waals surface area (Å²) in [7, 11) is 1.98. The summed E-state index contributed by atoms with van der Waals surface area (Å²) < 4.78 is 2.03. The Hall–Kier alpha value is -0.590. The van der Waals surface area contributed by atoms with Crippen LogP contribution in [0.2, 0.25) is 0 Å². The smallest absolute Gasteiger partial charge is 0.151 e. The topological polar surface area (TPSA) is 42.2 Å². The molecule has 0 saturated heterocycles. The summed E-state index contributed by atoms with van der Waals surface area (Å²) in [6, 6.07) is 3.97. The van der Waals surface area contributed by atoms with E-state index in [1.807, 2.05) is 18.0 Å². The molecule has 0 bridgehead atoms. The van der Waals surface area contributed by atoms with Gasteiger partial charge in [0.05, 0.1) is 9.47 Å². The first-order valence-electron chi connectivity index (χ1n) is 4.91. The van der Waals surface area contributed by atoms with E-state index in [4.69, 9.17) is 5.73 Å². The minimum absolute atomic E-state index is 0.677. The summed E-state index contributed by atoms with van der Waals surface area (Å²) in [6.07, 6.45) is 1.76. The fourth-order valence-corrected chi connectivity index (χ4v) is 3.09. The Morgan fingerprint density at radius 2 is 2.18 bits per heavy atom. The van der Waals surface area contributed by atoms with Crippen molar-refractivity contribution < 1.29 is 0 Å². The van der Waals surface area contributed by atoms with Gasteiger partial charge in [-0.1, -0.05) is 0 Å².